The number of carbonyl (C=O) groups excluding carboxylic acids is 1. The second-order valence-electron chi connectivity index (χ2n) is 7.32. The molecule has 0 saturated carbocycles. The lowest BCUT2D eigenvalue weighted by atomic mass is 9.96. The van der Waals surface area contributed by atoms with Gasteiger partial charge in [0.05, 0.1) is 12.6 Å². The Hall–Kier alpha value is -2.17. The minimum Gasteiger partial charge on any atom is -0.339 e. The number of amides is 1. The Morgan fingerprint density at radius 3 is 2.26 bits per heavy atom. The number of piperidine rings is 1. The molecule has 2 aromatic carbocycles. The smallest absolute Gasteiger partial charge is 0.222 e. The highest BCUT2D eigenvalue weighted by molar-refractivity contribution is 5.76. The van der Waals surface area contributed by atoms with Gasteiger partial charge in [0, 0.05) is 24.1 Å². The fraction of sp³-hybridized carbons (Fsp3) is 0.435. The molecular weight excluding hydrogens is 338 g/mol. The van der Waals surface area contributed by atoms with Crippen molar-refractivity contribution in [2.75, 3.05) is 13.2 Å². The zero-order valence-corrected chi connectivity index (χ0v) is 15.8. The molecule has 2 heterocycles. The number of hydrogen-bond acceptors (Lipinski definition) is 3. The molecule has 2 fully saturated rings. The van der Waals surface area contributed by atoms with Crippen molar-refractivity contribution in [1.82, 2.24) is 4.90 Å². The number of benzene rings is 2. The molecule has 4 rings (SSSR count). The number of rotatable bonds is 4. The Morgan fingerprint density at radius 2 is 1.67 bits per heavy atom. The third kappa shape index (κ3) is 3.40. The number of ether oxygens (including phenoxy) is 2. The van der Waals surface area contributed by atoms with Gasteiger partial charge in [-0.05, 0) is 19.3 Å². The van der Waals surface area contributed by atoms with Gasteiger partial charge in [-0.1, -0.05) is 67.6 Å². The molecule has 142 valence electrons. The van der Waals surface area contributed by atoms with E-state index < -0.39 is 5.79 Å². The Labute approximate surface area is 161 Å². The molecule has 2 saturated heterocycles. The summed E-state index contributed by atoms with van der Waals surface area (Å²) in [7, 11) is 0. The van der Waals surface area contributed by atoms with Gasteiger partial charge in [-0.3, -0.25) is 4.79 Å². The molecule has 27 heavy (non-hydrogen) atoms. The summed E-state index contributed by atoms with van der Waals surface area (Å²) in [5.74, 6) is -0.703. The maximum Gasteiger partial charge on any atom is 0.222 e. The fourth-order valence-electron chi connectivity index (χ4n) is 4.31. The summed E-state index contributed by atoms with van der Waals surface area (Å²) >= 11 is 0. The first-order valence-corrected chi connectivity index (χ1v) is 9.97. The molecule has 4 nitrogen and oxygen atoms in total. The zero-order chi connectivity index (χ0) is 18.7. The van der Waals surface area contributed by atoms with Crippen LogP contribution < -0.4 is 0 Å². The topological polar surface area (TPSA) is 38.8 Å². The maximum absolute atomic E-state index is 12.5. The van der Waals surface area contributed by atoms with E-state index in [4.69, 9.17) is 9.47 Å². The van der Waals surface area contributed by atoms with E-state index in [1.807, 2.05) is 72.5 Å². The molecule has 0 bridgehead atoms. The molecule has 0 aliphatic carbocycles. The van der Waals surface area contributed by atoms with Gasteiger partial charge >= 0.3 is 0 Å². The Balaban J connectivity index is 1.67. The van der Waals surface area contributed by atoms with Gasteiger partial charge in [0.2, 0.25) is 11.7 Å². The fourth-order valence-corrected chi connectivity index (χ4v) is 4.31. The van der Waals surface area contributed by atoms with Gasteiger partial charge in [-0.2, -0.15) is 0 Å². The van der Waals surface area contributed by atoms with E-state index in [2.05, 4.69) is 0 Å². The lowest BCUT2D eigenvalue weighted by molar-refractivity contribution is -0.158. The maximum atomic E-state index is 12.5. The molecular formula is C23H27NO3. The average Bonchev–Trinajstić information content (AvgIpc) is 3.21. The minimum atomic E-state index is -0.911. The highest BCUT2D eigenvalue weighted by atomic mass is 16.7. The van der Waals surface area contributed by atoms with Gasteiger partial charge in [-0.15, -0.1) is 0 Å². The molecule has 2 aliphatic rings. The van der Waals surface area contributed by atoms with Crippen LogP contribution in [0.5, 0.6) is 0 Å². The average molecular weight is 365 g/mol. The Morgan fingerprint density at radius 1 is 1.04 bits per heavy atom. The standard InChI is InChI=1S/C23H27NO3/c1-2-22(25)24-16-10-9-15-20(24)21-17-26-23(27-21,18-11-5-3-6-12-18)19-13-7-4-8-14-19/h3-8,11-14,20-21H,2,9-10,15-17H2,1H3. The molecule has 0 spiro atoms. The van der Waals surface area contributed by atoms with Crippen LogP contribution in [-0.2, 0) is 20.1 Å². The lowest BCUT2D eigenvalue weighted by Gasteiger charge is -2.39. The predicted molar refractivity (Wildman–Crippen MR) is 104 cm³/mol. The van der Waals surface area contributed by atoms with Crippen molar-refractivity contribution in [3.8, 4) is 0 Å². The second kappa shape index (κ2) is 7.83. The van der Waals surface area contributed by atoms with Crippen molar-refractivity contribution >= 4 is 5.91 Å². The monoisotopic (exact) mass is 365 g/mol. The molecule has 0 N–H and O–H groups in total. The molecule has 2 aliphatic heterocycles. The van der Waals surface area contributed by atoms with Crippen molar-refractivity contribution in [2.24, 2.45) is 0 Å². The van der Waals surface area contributed by atoms with Gasteiger partial charge in [0.25, 0.3) is 0 Å². The van der Waals surface area contributed by atoms with Crippen molar-refractivity contribution in [3.63, 3.8) is 0 Å². The summed E-state index contributed by atoms with van der Waals surface area (Å²) in [5, 5.41) is 0. The van der Waals surface area contributed by atoms with Gasteiger partial charge in [0.1, 0.15) is 6.10 Å². The van der Waals surface area contributed by atoms with E-state index in [1.54, 1.807) is 0 Å². The molecule has 4 heteroatoms. The van der Waals surface area contributed by atoms with Crippen molar-refractivity contribution < 1.29 is 14.3 Å². The summed E-state index contributed by atoms with van der Waals surface area (Å²) in [6.07, 6.45) is 3.58. The van der Waals surface area contributed by atoms with Gasteiger partial charge < -0.3 is 14.4 Å². The quantitative estimate of drug-likeness (QED) is 0.819. The number of hydrogen-bond donors (Lipinski definition) is 0. The molecule has 0 radical (unpaired) electrons. The molecule has 1 amide bonds. The van der Waals surface area contributed by atoms with Crippen LogP contribution in [0.1, 0.15) is 43.7 Å². The van der Waals surface area contributed by atoms with Crippen molar-refractivity contribution in [2.45, 2.75) is 50.5 Å². The first-order chi connectivity index (χ1) is 13.2. The van der Waals surface area contributed by atoms with Crippen molar-refractivity contribution in [1.29, 1.82) is 0 Å². The summed E-state index contributed by atoms with van der Waals surface area (Å²) < 4.78 is 13.0. The molecule has 2 aromatic rings. The highest BCUT2D eigenvalue weighted by Crippen LogP contribution is 2.42. The summed E-state index contributed by atoms with van der Waals surface area (Å²) in [5.41, 5.74) is 1.98. The van der Waals surface area contributed by atoms with E-state index in [0.29, 0.717) is 13.0 Å². The van der Waals surface area contributed by atoms with E-state index in [1.165, 1.54) is 0 Å². The number of carbonyl (C=O) groups is 1. The number of nitrogens with zero attached hydrogens (tertiary/aromatic N) is 1. The molecule has 0 aromatic heterocycles. The Kier molecular flexibility index (Phi) is 5.28. The van der Waals surface area contributed by atoms with Crippen LogP contribution in [0.2, 0.25) is 0 Å². The third-order valence-electron chi connectivity index (χ3n) is 5.68. The van der Waals surface area contributed by atoms with Crippen LogP contribution in [0.3, 0.4) is 0 Å². The number of likely N-dealkylation sites (tertiary alicyclic amines) is 1. The van der Waals surface area contributed by atoms with E-state index in [-0.39, 0.29) is 18.1 Å². The van der Waals surface area contributed by atoms with E-state index in [0.717, 1.165) is 36.9 Å². The zero-order valence-electron chi connectivity index (χ0n) is 15.8. The van der Waals surface area contributed by atoms with Gasteiger partial charge in [-0.25, -0.2) is 0 Å². The summed E-state index contributed by atoms with van der Waals surface area (Å²) in [6, 6.07) is 20.3. The first kappa shape index (κ1) is 18.2. The largest absolute Gasteiger partial charge is 0.339 e. The van der Waals surface area contributed by atoms with Crippen LogP contribution in [-0.4, -0.2) is 36.1 Å². The van der Waals surface area contributed by atoms with E-state index in [9.17, 15) is 4.79 Å². The van der Waals surface area contributed by atoms with Crippen LogP contribution in [0.25, 0.3) is 0 Å². The second-order valence-corrected chi connectivity index (χ2v) is 7.32. The lowest BCUT2D eigenvalue weighted by Crippen LogP contribution is -2.50. The van der Waals surface area contributed by atoms with Gasteiger partial charge in [0.15, 0.2) is 0 Å². The van der Waals surface area contributed by atoms with Crippen LogP contribution in [0, 0.1) is 0 Å². The summed E-state index contributed by atoms with van der Waals surface area (Å²) in [4.78, 5) is 14.5. The van der Waals surface area contributed by atoms with Crippen LogP contribution in [0.4, 0.5) is 0 Å². The molecule has 2 unspecified atom stereocenters. The molecule has 2 atom stereocenters. The van der Waals surface area contributed by atoms with Crippen LogP contribution in [0.15, 0.2) is 60.7 Å². The normalized spacial score (nSPS) is 24.7. The predicted octanol–water partition coefficient (Wildman–Crippen LogP) is 4.09. The van der Waals surface area contributed by atoms with E-state index >= 15 is 0 Å². The Bertz CT molecular complexity index is 722. The SMILES string of the molecule is CCC(=O)N1CCCCC1C1COC(c2ccccc2)(c2ccccc2)O1. The van der Waals surface area contributed by atoms with Crippen molar-refractivity contribution in [3.05, 3.63) is 71.8 Å². The van der Waals surface area contributed by atoms with Crippen LogP contribution >= 0.6 is 0 Å². The third-order valence-corrected chi connectivity index (χ3v) is 5.68. The highest BCUT2D eigenvalue weighted by Gasteiger charge is 2.48. The first-order valence-electron chi connectivity index (χ1n) is 9.97. The minimum absolute atomic E-state index is 0.0838. The summed E-state index contributed by atoms with van der Waals surface area (Å²) in [6.45, 7) is 3.24.